The maximum Gasteiger partial charge on any atom is 0.319 e. The molecule has 3 rings (SSSR count). The van der Waals surface area contributed by atoms with E-state index in [9.17, 15) is 19.2 Å². The first-order valence-corrected chi connectivity index (χ1v) is 10.2. The number of hydrogen-bond donors (Lipinski definition) is 3. The summed E-state index contributed by atoms with van der Waals surface area (Å²) in [6, 6.07) is 9.96. The van der Waals surface area contributed by atoms with Gasteiger partial charge in [0.2, 0.25) is 11.8 Å². The zero-order valence-corrected chi connectivity index (χ0v) is 17.1. The highest BCUT2D eigenvalue weighted by Gasteiger charge is 2.29. The molecule has 0 saturated carbocycles. The van der Waals surface area contributed by atoms with Crippen LogP contribution in [-0.2, 0) is 16.1 Å². The number of aromatic nitrogens is 1. The van der Waals surface area contributed by atoms with Gasteiger partial charge >= 0.3 is 6.03 Å². The van der Waals surface area contributed by atoms with E-state index < -0.39 is 6.03 Å². The maximum atomic E-state index is 12.0. The SMILES string of the molecule is Cc1ccc(NC(=O)CCNC(=O)Nc2ccc(CN3C(=O)CSC3=O)cc2)nc1. The molecule has 5 amide bonds. The minimum Gasteiger partial charge on any atom is -0.337 e. The lowest BCUT2D eigenvalue weighted by atomic mass is 10.2. The quantitative estimate of drug-likeness (QED) is 0.625. The van der Waals surface area contributed by atoms with E-state index in [1.807, 2.05) is 13.0 Å². The number of nitrogens with zero attached hydrogens (tertiary/aromatic N) is 2. The summed E-state index contributed by atoms with van der Waals surface area (Å²) in [6.45, 7) is 2.28. The number of nitrogens with one attached hydrogen (secondary N) is 3. The molecule has 9 nitrogen and oxygen atoms in total. The van der Waals surface area contributed by atoms with Gasteiger partial charge in [-0.05, 0) is 36.2 Å². The van der Waals surface area contributed by atoms with Gasteiger partial charge in [-0.1, -0.05) is 30.0 Å². The number of anilines is 2. The van der Waals surface area contributed by atoms with Crippen molar-refractivity contribution in [1.82, 2.24) is 15.2 Å². The second-order valence-corrected chi connectivity index (χ2v) is 7.56. The summed E-state index contributed by atoms with van der Waals surface area (Å²) in [5.74, 6) is 0.193. The van der Waals surface area contributed by atoms with Gasteiger partial charge in [0, 0.05) is 24.8 Å². The summed E-state index contributed by atoms with van der Waals surface area (Å²) in [5.41, 5.74) is 2.33. The Morgan fingerprint density at radius 2 is 1.87 bits per heavy atom. The van der Waals surface area contributed by atoms with Crippen LogP contribution in [0.4, 0.5) is 21.1 Å². The van der Waals surface area contributed by atoms with Crippen molar-refractivity contribution in [3.63, 3.8) is 0 Å². The Morgan fingerprint density at radius 3 is 2.50 bits per heavy atom. The fraction of sp³-hybridized carbons (Fsp3) is 0.250. The van der Waals surface area contributed by atoms with Crippen LogP contribution in [0.25, 0.3) is 0 Å². The van der Waals surface area contributed by atoms with Crippen molar-refractivity contribution < 1.29 is 19.2 Å². The molecule has 2 aromatic rings. The number of thioether (sulfide) groups is 1. The van der Waals surface area contributed by atoms with Crippen molar-refractivity contribution in [2.45, 2.75) is 19.9 Å². The average Bonchev–Trinajstić information content (AvgIpc) is 3.03. The third kappa shape index (κ3) is 6.05. The molecule has 2 heterocycles. The second-order valence-electron chi connectivity index (χ2n) is 6.63. The van der Waals surface area contributed by atoms with Crippen LogP contribution in [0.5, 0.6) is 0 Å². The highest BCUT2D eigenvalue weighted by molar-refractivity contribution is 8.14. The first-order valence-electron chi connectivity index (χ1n) is 9.24. The van der Waals surface area contributed by atoms with Crippen LogP contribution in [0.1, 0.15) is 17.5 Å². The van der Waals surface area contributed by atoms with Gasteiger partial charge in [-0.3, -0.25) is 19.3 Å². The van der Waals surface area contributed by atoms with E-state index in [1.165, 1.54) is 4.90 Å². The lowest BCUT2D eigenvalue weighted by Crippen LogP contribution is -2.31. The van der Waals surface area contributed by atoms with Crippen LogP contribution in [0.3, 0.4) is 0 Å². The molecule has 0 aliphatic carbocycles. The summed E-state index contributed by atoms with van der Waals surface area (Å²) in [4.78, 5) is 52.4. The maximum absolute atomic E-state index is 12.0. The van der Waals surface area contributed by atoms with E-state index in [2.05, 4.69) is 20.9 Å². The van der Waals surface area contributed by atoms with Crippen LogP contribution >= 0.6 is 11.8 Å². The Labute approximate surface area is 177 Å². The number of rotatable bonds is 7. The summed E-state index contributed by atoms with van der Waals surface area (Å²) >= 11 is 0.995. The largest absolute Gasteiger partial charge is 0.337 e. The predicted molar refractivity (Wildman–Crippen MR) is 114 cm³/mol. The Morgan fingerprint density at radius 1 is 1.10 bits per heavy atom. The molecule has 1 aromatic carbocycles. The van der Waals surface area contributed by atoms with Gasteiger partial charge in [-0.2, -0.15) is 0 Å². The highest BCUT2D eigenvalue weighted by Crippen LogP contribution is 2.21. The monoisotopic (exact) mass is 427 g/mol. The van der Waals surface area contributed by atoms with E-state index in [0.29, 0.717) is 11.5 Å². The number of imide groups is 1. The van der Waals surface area contributed by atoms with Crippen molar-refractivity contribution in [2.24, 2.45) is 0 Å². The molecule has 0 bridgehead atoms. The van der Waals surface area contributed by atoms with E-state index in [0.717, 1.165) is 22.9 Å². The number of carbonyl (C=O) groups excluding carboxylic acids is 4. The predicted octanol–water partition coefficient (Wildman–Crippen LogP) is 2.74. The van der Waals surface area contributed by atoms with Crippen LogP contribution < -0.4 is 16.0 Å². The van der Waals surface area contributed by atoms with Gasteiger partial charge in [0.15, 0.2) is 0 Å². The number of aryl methyl sites for hydroxylation is 1. The van der Waals surface area contributed by atoms with E-state index >= 15 is 0 Å². The fourth-order valence-corrected chi connectivity index (χ4v) is 3.35. The van der Waals surface area contributed by atoms with Crippen molar-refractivity contribution in [3.8, 4) is 0 Å². The molecule has 1 aliphatic heterocycles. The summed E-state index contributed by atoms with van der Waals surface area (Å²) in [7, 11) is 0. The zero-order valence-electron chi connectivity index (χ0n) is 16.3. The Balaban J connectivity index is 1.39. The Hall–Kier alpha value is -3.40. The van der Waals surface area contributed by atoms with Gasteiger partial charge in [-0.15, -0.1) is 0 Å². The van der Waals surface area contributed by atoms with Gasteiger partial charge in [-0.25, -0.2) is 9.78 Å². The van der Waals surface area contributed by atoms with Crippen molar-refractivity contribution in [1.29, 1.82) is 0 Å². The van der Waals surface area contributed by atoms with Gasteiger partial charge in [0.1, 0.15) is 5.82 Å². The summed E-state index contributed by atoms with van der Waals surface area (Å²) in [5, 5.41) is 7.69. The average molecular weight is 427 g/mol. The lowest BCUT2D eigenvalue weighted by molar-refractivity contribution is -0.125. The lowest BCUT2D eigenvalue weighted by Gasteiger charge is -2.13. The summed E-state index contributed by atoms with van der Waals surface area (Å²) < 4.78 is 0. The normalized spacial score (nSPS) is 13.3. The first kappa shape index (κ1) is 21.3. The second kappa shape index (κ2) is 9.88. The van der Waals surface area contributed by atoms with E-state index in [1.54, 1.807) is 36.5 Å². The highest BCUT2D eigenvalue weighted by atomic mass is 32.2. The number of pyridine rings is 1. The Bertz CT molecular complexity index is 931. The van der Waals surface area contributed by atoms with Crippen LogP contribution in [0.15, 0.2) is 42.6 Å². The molecule has 0 unspecified atom stereocenters. The number of benzene rings is 1. The van der Waals surface area contributed by atoms with Crippen molar-refractivity contribution >= 4 is 46.4 Å². The molecule has 30 heavy (non-hydrogen) atoms. The molecule has 10 heteroatoms. The van der Waals surface area contributed by atoms with Crippen LogP contribution in [-0.4, -0.2) is 45.3 Å². The molecular weight excluding hydrogens is 406 g/mol. The molecule has 1 saturated heterocycles. The minimum atomic E-state index is -0.440. The van der Waals surface area contributed by atoms with Gasteiger partial charge < -0.3 is 16.0 Å². The standard InChI is InChI=1S/C20H21N5O4S/c1-13-2-7-16(22-10-13)24-17(26)8-9-21-19(28)23-15-5-3-14(4-6-15)11-25-18(27)12-30-20(25)29/h2-7,10H,8-9,11-12H2,1H3,(H2,21,23,28)(H,22,24,26). The zero-order chi connectivity index (χ0) is 21.5. The Kier molecular flexibility index (Phi) is 7.02. The minimum absolute atomic E-state index is 0.109. The number of amides is 5. The first-order chi connectivity index (χ1) is 14.4. The fourth-order valence-electron chi connectivity index (χ4n) is 2.62. The molecule has 1 aromatic heterocycles. The molecule has 3 N–H and O–H groups in total. The molecule has 0 atom stereocenters. The van der Waals surface area contributed by atoms with Gasteiger partial charge in [0.25, 0.3) is 5.24 Å². The molecule has 0 radical (unpaired) electrons. The number of carbonyl (C=O) groups is 4. The topological polar surface area (TPSA) is 120 Å². The number of hydrogen-bond acceptors (Lipinski definition) is 6. The molecule has 1 fully saturated rings. The third-order valence-corrected chi connectivity index (χ3v) is 5.07. The molecule has 156 valence electrons. The van der Waals surface area contributed by atoms with Crippen molar-refractivity contribution in [3.05, 3.63) is 53.7 Å². The smallest absolute Gasteiger partial charge is 0.319 e. The van der Waals surface area contributed by atoms with Gasteiger partial charge in [0.05, 0.1) is 12.3 Å². The molecular formula is C20H21N5O4S. The van der Waals surface area contributed by atoms with Crippen molar-refractivity contribution in [2.75, 3.05) is 22.9 Å². The summed E-state index contributed by atoms with van der Waals surface area (Å²) in [6.07, 6.45) is 1.77. The number of urea groups is 1. The van der Waals surface area contributed by atoms with Crippen LogP contribution in [0.2, 0.25) is 0 Å². The van der Waals surface area contributed by atoms with E-state index in [-0.39, 0.29) is 42.3 Å². The molecule has 0 spiro atoms. The molecule has 1 aliphatic rings. The van der Waals surface area contributed by atoms with E-state index in [4.69, 9.17) is 0 Å². The van der Waals surface area contributed by atoms with Crippen LogP contribution in [0, 0.1) is 6.92 Å². The third-order valence-electron chi connectivity index (χ3n) is 4.21.